The number of hydrogen-bond acceptors (Lipinski definition) is 3. The van der Waals surface area contributed by atoms with E-state index in [1.54, 1.807) is 0 Å². The quantitative estimate of drug-likeness (QED) is 0.682. The van der Waals surface area contributed by atoms with Crippen molar-refractivity contribution >= 4 is 5.91 Å². The number of hydrogen-bond donors (Lipinski definition) is 2. The lowest BCUT2D eigenvalue weighted by atomic mass is 9.81. The molecule has 4 nitrogen and oxygen atoms in total. The van der Waals surface area contributed by atoms with Gasteiger partial charge in [0.2, 0.25) is 5.91 Å². The summed E-state index contributed by atoms with van der Waals surface area (Å²) in [6.07, 6.45) is 4.03. The number of ether oxygens (including phenoxy) is 1. The summed E-state index contributed by atoms with van der Waals surface area (Å²) in [5, 5.41) is 6.38. The Labute approximate surface area is 111 Å². The minimum atomic E-state index is -0.332. The molecule has 1 rings (SSSR count). The Morgan fingerprint density at radius 1 is 1.44 bits per heavy atom. The van der Waals surface area contributed by atoms with E-state index < -0.39 is 0 Å². The van der Waals surface area contributed by atoms with Crippen molar-refractivity contribution in [3.05, 3.63) is 0 Å². The van der Waals surface area contributed by atoms with Gasteiger partial charge in [0.1, 0.15) is 6.10 Å². The summed E-state index contributed by atoms with van der Waals surface area (Å²) in [4.78, 5) is 11.9. The third kappa shape index (κ3) is 5.36. The van der Waals surface area contributed by atoms with Gasteiger partial charge in [-0.05, 0) is 44.7 Å². The summed E-state index contributed by atoms with van der Waals surface area (Å²) in [7, 11) is 0. The Bertz CT molecular complexity index is 250. The van der Waals surface area contributed by atoms with Crippen LogP contribution in [0.15, 0.2) is 0 Å². The first-order valence-electron chi connectivity index (χ1n) is 7.17. The van der Waals surface area contributed by atoms with Crippen molar-refractivity contribution in [3.8, 4) is 0 Å². The molecule has 0 radical (unpaired) electrons. The zero-order valence-electron chi connectivity index (χ0n) is 12.1. The van der Waals surface area contributed by atoms with Crippen LogP contribution in [0.1, 0.15) is 46.5 Å². The number of rotatable bonds is 7. The van der Waals surface area contributed by atoms with Crippen LogP contribution in [0.25, 0.3) is 0 Å². The van der Waals surface area contributed by atoms with Crippen LogP contribution >= 0.6 is 0 Å². The molecule has 0 spiro atoms. The summed E-state index contributed by atoms with van der Waals surface area (Å²) < 4.78 is 5.49. The van der Waals surface area contributed by atoms with Crippen molar-refractivity contribution in [1.29, 1.82) is 0 Å². The second-order valence-electron chi connectivity index (χ2n) is 5.65. The fourth-order valence-electron chi connectivity index (χ4n) is 2.13. The van der Waals surface area contributed by atoms with E-state index in [0.717, 1.165) is 45.3 Å². The minimum absolute atomic E-state index is 0.0193. The molecule has 0 aliphatic carbocycles. The highest BCUT2D eigenvalue weighted by Gasteiger charge is 2.27. The molecule has 1 aliphatic heterocycles. The zero-order chi connectivity index (χ0) is 13.4. The molecule has 4 heteroatoms. The van der Waals surface area contributed by atoms with Crippen molar-refractivity contribution in [2.45, 2.75) is 52.6 Å². The number of amides is 1. The van der Waals surface area contributed by atoms with E-state index in [0.29, 0.717) is 6.61 Å². The molecule has 18 heavy (non-hydrogen) atoms. The normalized spacial score (nSPS) is 20.4. The van der Waals surface area contributed by atoms with Crippen LogP contribution in [0.5, 0.6) is 0 Å². The average Bonchev–Trinajstić information content (AvgIpc) is 2.37. The third-order valence-electron chi connectivity index (χ3n) is 3.74. The largest absolute Gasteiger partial charge is 0.369 e. The van der Waals surface area contributed by atoms with Crippen LogP contribution < -0.4 is 10.6 Å². The number of nitrogens with one attached hydrogen (secondary N) is 2. The van der Waals surface area contributed by atoms with Crippen molar-refractivity contribution in [3.63, 3.8) is 0 Å². The molecular weight excluding hydrogens is 228 g/mol. The first-order chi connectivity index (χ1) is 8.57. The third-order valence-corrected chi connectivity index (χ3v) is 3.74. The predicted molar refractivity (Wildman–Crippen MR) is 73.5 cm³/mol. The monoisotopic (exact) mass is 256 g/mol. The van der Waals surface area contributed by atoms with Gasteiger partial charge in [-0.1, -0.05) is 20.3 Å². The summed E-state index contributed by atoms with van der Waals surface area (Å²) in [6, 6.07) is 0. The van der Waals surface area contributed by atoms with Crippen molar-refractivity contribution in [2.24, 2.45) is 5.41 Å². The molecule has 106 valence electrons. The van der Waals surface area contributed by atoms with Gasteiger partial charge < -0.3 is 15.4 Å². The maximum atomic E-state index is 11.9. The van der Waals surface area contributed by atoms with Gasteiger partial charge in [-0.25, -0.2) is 0 Å². The van der Waals surface area contributed by atoms with Gasteiger partial charge in [0.15, 0.2) is 0 Å². The number of carbonyl (C=O) groups is 1. The Balaban J connectivity index is 2.22. The first kappa shape index (κ1) is 15.4. The molecule has 0 saturated carbocycles. The zero-order valence-corrected chi connectivity index (χ0v) is 12.1. The van der Waals surface area contributed by atoms with E-state index in [1.807, 2.05) is 6.92 Å². The van der Waals surface area contributed by atoms with Gasteiger partial charge in [-0.3, -0.25) is 4.79 Å². The fourth-order valence-corrected chi connectivity index (χ4v) is 2.13. The molecule has 0 aromatic rings. The van der Waals surface area contributed by atoms with E-state index in [-0.39, 0.29) is 17.4 Å². The summed E-state index contributed by atoms with van der Waals surface area (Å²) in [5.74, 6) is 0.0193. The second-order valence-corrected chi connectivity index (χ2v) is 5.65. The molecule has 0 bridgehead atoms. The lowest BCUT2D eigenvalue weighted by Crippen LogP contribution is -2.45. The molecule has 1 fully saturated rings. The Morgan fingerprint density at radius 2 is 2.11 bits per heavy atom. The molecule has 1 amide bonds. The topological polar surface area (TPSA) is 50.4 Å². The van der Waals surface area contributed by atoms with Crippen LogP contribution in [0.3, 0.4) is 0 Å². The Hall–Kier alpha value is -0.610. The van der Waals surface area contributed by atoms with Gasteiger partial charge in [0.25, 0.3) is 0 Å². The van der Waals surface area contributed by atoms with Gasteiger partial charge >= 0.3 is 0 Å². The van der Waals surface area contributed by atoms with Gasteiger partial charge in [-0.15, -0.1) is 0 Å². The molecule has 0 aromatic heterocycles. The second kappa shape index (κ2) is 7.74. The lowest BCUT2D eigenvalue weighted by molar-refractivity contribution is -0.132. The van der Waals surface area contributed by atoms with Gasteiger partial charge in [0.05, 0.1) is 0 Å². The highest BCUT2D eigenvalue weighted by Crippen LogP contribution is 2.26. The lowest BCUT2D eigenvalue weighted by Gasteiger charge is -2.34. The Kier molecular flexibility index (Phi) is 6.65. The van der Waals surface area contributed by atoms with Crippen LogP contribution in [0.2, 0.25) is 0 Å². The molecule has 2 N–H and O–H groups in total. The molecule has 1 aliphatic rings. The van der Waals surface area contributed by atoms with E-state index in [9.17, 15) is 4.79 Å². The van der Waals surface area contributed by atoms with Crippen LogP contribution in [0, 0.1) is 5.41 Å². The predicted octanol–water partition coefficient (Wildman–Crippen LogP) is 1.70. The van der Waals surface area contributed by atoms with Crippen LogP contribution in [-0.4, -0.2) is 38.3 Å². The molecule has 1 saturated heterocycles. The molecule has 1 atom stereocenters. The molecule has 1 unspecified atom stereocenters. The van der Waals surface area contributed by atoms with E-state index >= 15 is 0 Å². The molecular formula is C14H28N2O2. The summed E-state index contributed by atoms with van der Waals surface area (Å²) in [6.45, 7) is 9.73. The summed E-state index contributed by atoms with van der Waals surface area (Å²) >= 11 is 0. The van der Waals surface area contributed by atoms with E-state index in [1.165, 1.54) is 0 Å². The van der Waals surface area contributed by atoms with Crippen LogP contribution in [0.4, 0.5) is 0 Å². The van der Waals surface area contributed by atoms with Gasteiger partial charge in [-0.2, -0.15) is 0 Å². The molecule has 0 aromatic carbocycles. The van der Waals surface area contributed by atoms with E-state index in [4.69, 9.17) is 4.74 Å². The highest BCUT2D eigenvalue weighted by molar-refractivity contribution is 5.80. The maximum absolute atomic E-state index is 11.9. The van der Waals surface area contributed by atoms with Crippen molar-refractivity contribution in [2.75, 3.05) is 26.2 Å². The SMILES string of the molecule is CCCCOC(C)C(=O)NCC1(C)CCNCC1. The van der Waals surface area contributed by atoms with Gasteiger partial charge in [0, 0.05) is 13.2 Å². The number of carbonyl (C=O) groups excluding carboxylic acids is 1. The van der Waals surface area contributed by atoms with Crippen molar-refractivity contribution < 1.29 is 9.53 Å². The fraction of sp³-hybridized carbons (Fsp3) is 0.929. The smallest absolute Gasteiger partial charge is 0.248 e. The van der Waals surface area contributed by atoms with E-state index in [2.05, 4.69) is 24.5 Å². The average molecular weight is 256 g/mol. The first-order valence-corrected chi connectivity index (χ1v) is 7.17. The highest BCUT2D eigenvalue weighted by atomic mass is 16.5. The Morgan fingerprint density at radius 3 is 2.72 bits per heavy atom. The summed E-state index contributed by atoms with van der Waals surface area (Å²) in [5.41, 5.74) is 0.240. The number of piperidine rings is 1. The minimum Gasteiger partial charge on any atom is -0.369 e. The number of unbranched alkanes of at least 4 members (excludes halogenated alkanes) is 1. The van der Waals surface area contributed by atoms with Crippen LogP contribution in [-0.2, 0) is 9.53 Å². The molecule has 1 heterocycles. The van der Waals surface area contributed by atoms with Crippen molar-refractivity contribution in [1.82, 2.24) is 10.6 Å². The maximum Gasteiger partial charge on any atom is 0.248 e. The standard InChI is InChI=1S/C14H28N2O2/c1-4-5-10-18-12(2)13(17)16-11-14(3)6-8-15-9-7-14/h12,15H,4-11H2,1-3H3,(H,16,17).